The highest BCUT2D eigenvalue weighted by molar-refractivity contribution is 6.07. The highest BCUT2D eigenvalue weighted by Gasteiger charge is 2.28. The van der Waals surface area contributed by atoms with Gasteiger partial charge in [0, 0.05) is 30.1 Å². The lowest BCUT2D eigenvalue weighted by atomic mass is 9.93. The fourth-order valence-corrected chi connectivity index (χ4v) is 4.70. The third-order valence-electron chi connectivity index (χ3n) is 5.97. The zero-order valence-corrected chi connectivity index (χ0v) is 16.5. The molecule has 142 valence electrons. The van der Waals surface area contributed by atoms with Crippen molar-refractivity contribution in [2.75, 3.05) is 20.8 Å². The average molecular weight is 372 g/mol. The summed E-state index contributed by atoms with van der Waals surface area (Å²) in [5.41, 5.74) is 5.29. The van der Waals surface area contributed by atoms with E-state index < -0.39 is 0 Å². The Bertz CT molecular complexity index is 1190. The van der Waals surface area contributed by atoms with Crippen LogP contribution < -0.4 is 14.8 Å². The Morgan fingerprint density at radius 1 is 0.929 bits per heavy atom. The lowest BCUT2D eigenvalue weighted by Crippen LogP contribution is -2.31. The summed E-state index contributed by atoms with van der Waals surface area (Å²) in [4.78, 5) is 0. The summed E-state index contributed by atoms with van der Waals surface area (Å²) in [6, 6.07) is 19.5. The van der Waals surface area contributed by atoms with Crippen molar-refractivity contribution in [2.24, 2.45) is 7.05 Å². The highest BCUT2D eigenvalue weighted by atomic mass is 16.5. The third kappa shape index (κ3) is 2.41. The lowest BCUT2D eigenvalue weighted by Gasteiger charge is -2.27. The standard InChI is InChI=1S/C24H24N2O2/c1-26-23-17-7-5-4-6-15(17)8-10-18(23)19-12-13-25-22(24(19)26)16-9-11-20(27-2)21(14-16)28-3/h4-11,14,22,25H,12-13H2,1-3H3. The largest absolute Gasteiger partial charge is 0.493 e. The smallest absolute Gasteiger partial charge is 0.161 e. The second kappa shape index (κ2) is 6.57. The Kier molecular flexibility index (Phi) is 4.02. The van der Waals surface area contributed by atoms with E-state index in [9.17, 15) is 0 Å². The van der Waals surface area contributed by atoms with Crippen LogP contribution in [0.3, 0.4) is 0 Å². The minimum Gasteiger partial charge on any atom is -0.493 e. The van der Waals surface area contributed by atoms with Crippen molar-refractivity contribution in [3.63, 3.8) is 0 Å². The number of nitrogens with one attached hydrogen (secondary N) is 1. The maximum absolute atomic E-state index is 5.54. The fraction of sp³-hybridized carbons (Fsp3) is 0.250. The molecule has 4 nitrogen and oxygen atoms in total. The molecule has 1 aliphatic rings. The first-order chi connectivity index (χ1) is 13.7. The number of hydrogen-bond donors (Lipinski definition) is 1. The maximum Gasteiger partial charge on any atom is 0.161 e. The number of fused-ring (bicyclic) bond motifs is 5. The Hall–Kier alpha value is -2.98. The van der Waals surface area contributed by atoms with Gasteiger partial charge in [-0.3, -0.25) is 0 Å². The average Bonchev–Trinajstić information content (AvgIpc) is 3.06. The molecule has 2 heterocycles. The SMILES string of the molecule is COc1ccc(C2NCCc3c2n(C)c2c3ccc3ccccc32)cc1OC. The number of aryl methyl sites for hydroxylation is 1. The first kappa shape index (κ1) is 17.1. The Morgan fingerprint density at radius 2 is 1.75 bits per heavy atom. The summed E-state index contributed by atoms with van der Waals surface area (Å²) in [6.45, 7) is 0.956. The monoisotopic (exact) mass is 372 g/mol. The topological polar surface area (TPSA) is 35.4 Å². The van der Waals surface area contributed by atoms with Crippen molar-refractivity contribution in [1.29, 1.82) is 0 Å². The second-order valence-corrected chi connectivity index (χ2v) is 7.36. The molecule has 0 aliphatic carbocycles. The summed E-state index contributed by atoms with van der Waals surface area (Å²) < 4.78 is 13.3. The molecule has 1 aliphatic heterocycles. The number of ether oxygens (including phenoxy) is 2. The molecule has 4 heteroatoms. The van der Waals surface area contributed by atoms with Gasteiger partial charge in [0.15, 0.2) is 11.5 Å². The van der Waals surface area contributed by atoms with E-state index in [0.29, 0.717) is 0 Å². The molecule has 1 atom stereocenters. The Morgan fingerprint density at radius 3 is 2.57 bits per heavy atom. The first-order valence-electron chi connectivity index (χ1n) is 9.67. The van der Waals surface area contributed by atoms with Gasteiger partial charge in [-0.1, -0.05) is 42.5 Å². The van der Waals surface area contributed by atoms with Gasteiger partial charge in [-0.25, -0.2) is 0 Å². The molecule has 3 aromatic carbocycles. The molecule has 4 aromatic rings. The maximum atomic E-state index is 5.54. The third-order valence-corrected chi connectivity index (χ3v) is 5.97. The molecule has 0 saturated heterocycles. The van der Waals surface area contributed by atoms with Crippen molar-refractivity contribution in [2.45, 2.75) is 12.5 Å². The van der Waals surface area contributed by atoms with Gasteiger partial charge in [0.1, 0.15) is 0 Å². The van der Waals surface area contributed by atoms with Gasteiger partial charge in [-0.15, -0.1) is 0 Å². The van der Waals surface area contributed by atoms with Crippen LogP contribution in [0.1, 0.15) is 22.9 Å². The zero-order valence-electron chi connectivity index (χ0n) is 16.5. The van der Waals surface area contributed by atoms with Crippen LogP contribution in [0.4, 0.5) is 0 Å². The minimum absolute atomic E-state index is 0.125. The predicted molar refractivity (Wildman–Crippen MR) is 114 cm³/mol. The van der Waals surface area contributed by atoms with Crippen LogP contribution in [0.5, 0.6) is 11.5 Å². The fourth-order valence-electron chi connectivity index (χ4n) is 4.70. The summed E-state index contributed by atoms with van der Waals surface area (Å²) in [7, 11) is 5.54. The summed E-state index contributed by atoms with van der Waals surface area (Å²) >= 11 is 0. The van der Waals surface area contributed by atoms with E-state index in [4.69, 9.17) is 9.47 Å². The van der Waals surface area contributed by atoms with Crippen molar-refractivity contribution < 1.29 is 9.47 Å². The molecule has 1 unspecified atom stereocenters. The summed E-state index contributed by atoms with van der Waals surface area (Å²) in [5.74, 6) is 1.52. The first-order valence-corrected chi connectivity index (χ1v) is 9.67. The quantitative estimate of drug-likeness (QED) is 0.572. The van der Waals surface area contributed by atoms with Gasteiger partial charge in [0.2, 0.25) is 0 Å². The van der Waals surface area contributed by atoms with Gasteiger partial charge in [-0.05, 0) is 35.1 Å². The van der Waals surface area contributed by atoms with E-state index in [0.717, 1.165) is 24.5 Å². The molecule has 0 radical (unpaired) electrons. The van der Waals surface area contributed by atoms with Gasteiger partial charge in [0.05, 0.1) is 25.8 Å². The number of nitrogens with zero attached hydrogens (tertiary/aromatic N) is 1. The van der Waals surface area contributed by atoms with Gasteiger partial charge in [0.25, 0.3) is 0 Å². The van der Waals surface area contributed by atoms with E-state index >= 15 is 0 Å². The molecule has 0 bridgehead atoms. The van der Waals surface area contributed by atoms with E-state index in [-0.39, 0.29) is 6.04 Å². The number of hydrogen-bond acceptors (Lipinski definition) is 3. The van der Waals surface area contributed by atoms with Crippen LogP contribution in [0, 0.1) is 0 Å². The molecule has 0 amide bonds. The zero-order chi connectivity index (χ0) is 19.3. The van der Waals surface area contributed by atoms with Gasteiger partial charge < -0.3 is 19.4 Å². The highest BCUT2D eigenvalue weighted by Crippen LogP contribution is 2.40. The molecule has 5 rings (SSSR count). The molecule has 0 spiro atoms. The Labute approximate surface area is 164 Å². The van der Waals surface area contributed by atoms with Crippen LogP contribution in [-0.2, 0) is 13.5 Å². The van der Waals surface area contributed by atoms with Crippen molar-refractivity contribution >= 4 is 21.7 Å². The number of aromatic nitrogens is 1. The molecule has 1 aromatic heterocycles. The van der Waals surface area contributed by atoms with Crippen molar-refractivity contribution in [3.8, 4) is 11.5 Å². The normalized spacial score (nSPS) is 16.3. The lowest BCUT2D eigenvalue weighted by molar-refractivity contribution is 0.354. The van der Waals surface area contributed by atoms with Crippen molar-refractivity contribution in [1.82, 2.24) is 9.88 Å². The van der Waals surface area contributed by atoms with E-state index in [2.05, 4.69) is 65.5 Å². The van der Waals surface area contributed by atoms with Crippen LogP contribution in [0.15, 0.2) is 54.6 Å². The van der Waals surface area contributed by atoms with Gasteiger partial charge >= 0.3 is 0 Å². The van der Waals surface area contributed by atoms with Crippen LogP contribution in [-0.4, -0.2) is 25.3 Å². The van der Waals surface area contributed by atoms with Crippen LogP contribution >= 0.6 is 0 Å². The molecular weight excluding hydrogens is 348 g/mol. The molecular formula is C24H24N2O2. The number of benzene rings is 3. The number of rotatable bonds is 3. The van der Waals surface area contributed by atoms with Crippen LogP contribution in [0.2, 0.25) is 0 Å². The predicted octanol–water partition coefficient (Wildman–Crippen LogP) is 4.58. The van der Waals surface area contributed by atoms with E-state index in [1.54, 1.807) is 14.2 Å². The molecule has 28 heavy (non-hydrogen) atoms. The van der Waals surface area contributed by atoms with Crippen LogP contribution in [0.25, 0.3) is 21.7 Å². The molecule has 1 N–H and O–H groups in total. The summed E-state index contributed by atoms with van der Waals surface area (Å²) in [6.07, 6.45) is 1.04. The van der Waals surface area contributed by atoms with Crippen molar-refractivity contribution in [3.05, 3.63) is 71.4 Å². The van der Waals surface area contributed by atoms with E-state index in [1.165, 1.54) is 38.5 Å². The Balaban J connectivity index is 1.75. The van der Waals surface area contributed by atoms with E-state index in [1.807, 2.05) is 6.07 Å². The molecule has 0 saturated carbocycles. The second-order valence-electron chi connectivity index (χ2n) is 7.36. The van der Waals surface area contributed by atoms with Gasteiger partial charge in [-0.2, -0.15) is 0 Å². The minimum atomic E-state index is 0.125. The number of methoxy groups -OCH3 is 2. The molecule has 0 fully saturated rings. The summed E-state index contributed by atoms with van der Waals surface area (Å²) in [5, 5.41) is 7.67.